The average Bonchev–Trinajstić information content (AvgIpc) is 3.08. The molecule has 5 heteroatoms. The van der Waals surface area contributed by atoms with Gasteiger partial charge in [-0.2, -0.15) is 0 Å². The van der Waals surface area contributed by atoms with Crippen molar-refractivity contribution in [3.8, 4) is 5.75 Å². The van der Waals surface area contributed by atoms with Crippen molar-refractivity contribution in [2.24, 2.45) is 5.92 Å². The van der Waals surface area contributed by atoms with Crippen LogP contribution in [0.3, 0.4) is 0 Å². The molecule has 0 bridgehead atoms. The lowest BCUT2D eigenvalue weighted by Crippen LogP contribution is -2.48. The second kappa shape index (κ2) is 8.19. The van der Waals surface area contributed by atoms with Gasteiger partial charge in [-0.25, -0.2) is 0 Å². The summed E-state index contributed by atoms with van der Waals surface area (Å²) in [5.41, 5.74) is 2.42. The first kappa shape index (κ1) is 18.2. The molecule has 1 amide bonds. The van der Waals surface area contributed by atoms with E-state index < -0.39 is 0 Å². The van der Waals surface area contributed by atoms with Crippen molar-refractivity contribution in [3.05, 3.63) is 29.3 Å². The highest BCUT2D eigenvalue weighted by Gasteiger charge is 2.39. The van der Waals surface area contributed by atoms with Crippen LogP contribution in [0.1, 0.15) is 36.8 Å². The Balaban J connectivity index is 1.52. The molecule has 0 unspecified atom stereocenters. The van der Waals surface area contributed by atoms with Crippen molar-refractivity contribution in [3.63, 3.8) is 0 Å². The highest BCUT2D eigenvalue weighted by molar-refractivity contribution is 5.77. The summed E-state index contributed by atoms with van der Waals surface area (Å²) in [6, 6.07) is 6.09. The predicted molar refractivity (Wildman–Crippen MR) is 95.7 cm³/mol. The van der Waals surface area contributed by atoms with E-state index in [4.69, 9.17) is 9.47 Å². The zero-order valence-electron chi connectivity index (χ0n) is 15.2. The lowest BCUT2D eigenvalue weighted by Gasteiger charge is -2.37. The van der Waals surface area contributed by atoms with E-state index in [1.54, 1.807) is 0 Å². The quantitative estimate of drug-likeness (QED) is 0.889. The lowest BCUT2D eigenvalue weighted by atomic mass is 9.89. The first-order chi connectivity index (χ1) is 12.1. The SMILES string of the molecule is Cc1ccc(OCCC(=O)N2CCC[C@@H]2[C@@H]2COCC[C@H]2O)cc1C. The van der Waals surface area contributed by atoms with Gasteiger partial charge in [-0.1, -0.05) is 6.07 Å². The maximum absolute atomic E-state index is 12.6. The van der Waals surface area contributed by atoms with E-state index in [-0.39, 0.29) is 24.0 Å². The molecule has 2 aliphatic heterocycles. The van der Waals surface area contributed by atoms with E-state index >= 15 is 0 Å². The van der Waals surface area contributed by atoms with Gasteiger partial charge in [-0.3, -0.25) is 4.79 Å². The van der Waals surface area contributed by atoms with Crippen LogP contribution in [0.25, 0.3) is 0 Å². The van der Waals surface area contributed by atoms with Gasteiger partial charge in [0.15, 0.2) is 0 Å². The number of likely N-dealkylation sites (tertiary alicyclic amines) is 1. The molecule has 0 spiro atoms. The Hall–Kier alpha value is -1.59. The molecule has 0 radical (unpaired) electrons. The number of ether oxygens (including phenoxy) is 2. The van der Waals surface area contributed by atoms with Gasteiger partial charge < -0.3 is 19.5 Å². The van der Waals surface area contributed by atoms with Crippen molar-refractivity contribution in [2.45, 2.75) is 51.7 Å². The second-order valence-corrected chi connectivity index (χ2v) is 7.24. The van der Waals surface area contributed by atoms with Crippen LogP contribution >= 0.6 is 0 Å². The maximum Gasteiger partial charge on any atom is 0.226 e. The minimum absolute atomic E-state index is 0.0425. The van der Waals surface area contributed by atoms with Crippen LogP contribution in [0, 0.1) is 19.8 Å². The Morgan fingerprint density at radius 2 is 2.16 bits per heavy atom. The van der Waals surface area contributed by atoms with Gasteiger partial charge in [0.2, 0.25) is 5.91 Å². The van der Waals surface area contributed by atoms with Crippen molar-refractivity contribution in [1.82, 2.24) is 4.90 Å². The fourth-order valence-corrected chi connectivity index (χ4v) is 3.87. The summed E-state index contributed by atoms with van der Waals surface area (Å²) in [6.07, 6.45) is 2.62. The Bertz CT molecular complexity index is 603. The normalized spacial score (nSPS) is 26.7. The molecule has 2 heterocycles. The molecule has 1 N–H and O–H groups in total. The van der Waals surface area contributed by atoms with Crippen LogP contribution in [-0.4, -0.2) is 54.4 Å². The van der Waals surface area contributed by atoms with Crippen LogP contribution in [0.4, 0.5) is 0 Å². The summed E-state index contributed by atoms with van der Waals surface area (Å²) in [7, 11) is 0. The second-order valence-electron chi connectivity index (χ2n) is 7.24. The predicted octanol–water partition coefficient (Wildman–Crippen LogP) is 2.46. The van der Waals surface area contributed by atoms with Crippen molar-refractivity contribution >= 4 is 5.91 Å². The fraction of sp³-hybridized carbons (Fsp3) is 0.650. The van der Waals surface area contributed by atoms with E-state index in [0.29, 0.717) is 32.7 Å². The van der Waals surface area contributed by atoms with E-state index in [1.807, 2.05) is 23.1 Å². The third kappa shape index (κ3) is 4.33. The number of benzene rings is 1. The molecule has 1 aromatic rings. The number of amides is 1. The number of carbonyl (C=O) groups excluding carboxylic acids is 1. The van der Waals surface area contributed by atoms with Crippen LogP contribution in [0.15, 0.2) is 18.2 Å². The molecule has 1 aromatic carbocycles. The molecule has 2 fully saturated rings. The van der Waals surface area contributed by atoms with Gasteiger partial charge in [-0.15, -0.1) is 0 Å². The molecule has 138 valence electrons. The topological polar surface area (TPSA) is 59.0 Å². The van der Waals surface area contributed by atoms with Crippen LogP contribution in [0.2, 0.25) is 0 Å². The molecule has 0 saturated carbocycles. The van der Waals surface area contributed by atoms with Gasteiger partial charge >= 0.3 is 0 Å². The van der Waals surface area contributed by atoms with Gasteiger partial charge in [0.25, 0.3) is 0 Å². The van der Waals surface area contributed by atoms with Crippen LogP contribution < -0.4 is 4.74 Å². The molecule has 3 atom stereocenters. The van der Waals surface area contributed by atoms with Crippen molar-refractivity contribution in [2.75, 3.05) is 26.4 Å². The summed E-state index contributed by atoms with van der Waals surface area (Å²) >= 11 is 0. The number of carbonyl (C=O) groups is 1. The Morgan fingerprint density at radius 3 is 2.92 bits per heavy atom. The van der Waals surface area contributed by atoms with Gasteiger partial charge in [0.05, 0.1) is 25.7 Å². The zero-order chi connectivity index (χ0) is 17.8. The van der Waals surface area contributed by atoms with Crippen molar-refractivity contribution in [1.29, 1.82) is 0 Å². The molecule has 0 aromatic heterocycles. The number of hydrogen-bond donors (Lipinski definition) is 1. The van der Waals surface area contributed by atoms with E-state index in [0.717, 1.165) is 25.1 Å². The molecule has 5 nitrogen and oxygen atoms in total. The average molecular weight is 347 g/mol. The standard InChI is InChI=1S/C20H29NO4/c1-14-5-6-16(12-15(14)2)25-11-8-20(23)21-9-3-4-18(21)17-13-24-10-7-19(17)22/h5-6,12,17-19,22H,3-4,7-11,13H2,1-2H3/t17-,18+,19+/m0/s1. The van der Waals surface area contributed by atoms with E-state index in [9.17, 15) is 9.90 Å². The summed E-state index contributed by atoms with van der Waals surface area (Å²) in [4.78, 5) is 14.6. The number of aliphatic hydroxyl groups excluding tert-OH is 1. The first-order valence-electron chi connectivity index (χ1n) is 9.31. The number of aryl methyl sites for hydroxylation is 2. The zero-order valence-corrected chi connectivity index (χ0v) is 15.2. The minimum atomic E-state index is -0.362. The van der Waals surface area contributed by atoms with E-state index in [2.05, 4.69) is 13.8 Å². The molecule has 2 saturated heterocycles. The molecular weight excluding hydrogens is 318 g/mol. The Labute approximate surface area is 149 Å². The summed E-state index contributed by atoms with van der Waals surface area (Å²) in [5, 5.41) is 10.3. The summed E-state index contributed by atoms with van der Waals surface area (Å²) in [6.45, 7) is 6.45. The van der Waals surface area contributed by atoms with Crippen LogP contribution in [0.5, 0.6) is 5.75 Å². The van der Waals surface area contributed by atoms with Gasteiger partial charge in [-0.05, 0) is 56.4 Å². The fourth-order valence-electron chi connectivity index (χ4n) is 3.87. The monoisotopic (exact) mass is 347 g/mol. The number of aliphatic hydroxyl groups is 1. The maximum atomic E-state index is 12.6. The van der Waals surface area contributed by atoms with Gasteiger partial charge in [0.1, 0.15) is 5.75 Å². The third-order valence-electron chi connectivity index (χ3n) is 5.54. The number of hydrogen-bond acceptors (Lipinski definition) is 4. The smallest absolute Gasteiger partial charge is 0.226 e. The molecular formula is C20H29NO4. The largest absolute Gasteiger partial charge is 0.493 e. The molecule has 2 aliphatic rings. The summed E-state index contributed by atoms with van der Waals surface area (Å²) in [5.74, 6) is 0.968. The number of nitrogens with zero attached hydrogens (tertiary/aromatic N) is 1. The molecule has 3 rings (SSSR count). The first-order valence-corrected chi connectivity index (χ1v) is 9.31. The number of rotatable bonds is 5. The van der Waals surface area contributed by atoms with E-state index in [1.165, 1.54) is 11.1 Å². The molecule has 0 aliphatic carbocycles. The minimum Gasteiger partial charge on any atom is -0.493 e. The third-order valence-corrected chi connectivity index (χ3v) is 5.54. The highest BCUT2D eigenvalue weighted by Crippen LogP contribution is 2.30. The molecule has 25 heavy (non-hydrogen) atoms. The summed E-state index contributed by atoms with van der Waals surface area (Å²) < 4.78 is 11.3. The van der Waals surface area contributed by atoms with Crippen LogP contribution in [-0.2, 0) is 9.53 Å². The Kier molecular flexibility index (Phi) is 5.97. The highest BCUT2D eigenvalue weighted by atomic mass is 16.5. The van der Waals surface area contributed by atoms with Gasteiger partial charge in [0, 0.05) is 25.1 Å². The Morgan fingerprint density at radius 1 is 1.32 bits per heavy atom. The van der Waals surface area contributed by atoms with Crippen molar-refractivity contribution < 1.29 is 19.4 Å². The lowest BCUT2D eigenvalue weighted by molar-refractivity contribution is -0.136.